The predicted molar refractivity (Wildman–Crippen MR) is 103 cm³/mol. The second kappa shape index (κ2) is 8.76. The van der Waals surface area contributed by atoms with Gasteiger partial charge in [-0.15, -0.1) is 0 Å². The van der Waals surface area contributed by atoms with E-state index in [1.54, 1.807) is 18.2 Å². The molecule has 0 aliphatic heterocycles. The van der Waals surface area contributed by atoms with E-state index in [0.29, 0.717) is 23.4 Å². The Morgan fingerprint density at radius 2 is 1.71 bits per heavy atom. The minimum atomic E-state index is -0.319. The standard InChI is InChI=1S/C19H24FN3S/c1-14(2)23(3)13-16-9-5-4-8-15(16)12-21-19(24)22-18-11-7-6-10-17(18)20/h4-11,14H,12-13H2,1-3H3,(H2,21,22,24). The van der Waals surface area contributed by atoms with Crippen LogP contribution in [0.15, 0.2) is 48.5 Å². The van der Waals surface area contributed by atoms with E-state index in [2.05, 4.69) is 48.6 Å². The molecule has 0 amide bonds. The molecule has 2 N–H and O–H groups in total. The number of thiocarbonyl (C=S) groups is 1. The normalized spacial score (nSPS) is 10.9. The van der Waals surface area contributed by atoms with Crippen LogP contribution >= 0.6 is 12.2 Å². The molecule has 5 heteroatoms. The first-order valence-electron chi connectivity index (χ1n) is 8.03. The highest BCUT2D eigenvalue weighted by Gasteiger charge is 2.09. The van der Waals surface area contributed by atoms with Gasteiger partial charge in [0.1, 0.15) is 5.82 Å². The van der Waals surface area contributed by atoms with E-state index in [9.17, 15) is 4.39 Å². The Hall–Kier alpha value is -1.98. The summed E-state index contributed by atoms with van der Waals surface area (Å²) in [5.41, 5.74) is 2.82. The molecule has 0 radical (unpaired) electrons. The fraction of sp³-hybridized carbons (Fsp3) is 0.316. The lowest BCUT2D eigenvalue weighted by molar-refractivity contribution is 0.265. The molecule has 2 aromatic rings. The largest absolute Gasteiger partial charge is 0.358 e. The van der Waals surface area contributed by atoms with Crippen molar-refractivity contribution in [1.82, 2.24) is 10.2 Å². The fourth-order valence-electron chi connectivity index (χ4n) is 2.24. The van der Waals surface area contributed by atoms with Crippen LogP contribution in [-0.4, -0.2) is 23.1 Å². The minimum Gasteiger partial charge on any atom is -0.358 e. The molecule has 0 saturated carbocycles. The third-order valence-electron chi connectivity index (χ3n) is 3.98. The van der Waals surface area contributed by atoms with Crippen LogP contribution in [0.1, 0.15) is 25.0 Å². The Morgan fingerprint density at radius 1 is 1.08 bits per heavy atom. The zero-order valence-electron chi connectivity index (χ0n) is 14.3. The minimum absolute atomic E-state index is 0.319. The topological polar surface area (TPSA) is 27.3 Å². The number of halogens is 1. The highest BCUT2D eigenvalue weighted by molar-refractivity contribution is 7.80. The van der Waals surface area contributed by atoms with Crippen molar-refractivity contribution in [2.45, 2.75) is 33.0 Å². The highest BCUT2D eigenvalue weighted by atomic mass is 32.1. The van der Waals surface area contributed by atoms with Crippen molar-refractivity contribution in [3.63, 3.8) is 0 Å². The van der Waals surface area contributed by atoms with Crippen LogP contribution in [0.3, 0.4) is 0 Å². The van der Waals surface area contributed by atoms with Crippen LogP contribution < -0.4 is 10.6 Å². The average molecular weight is 345 g/mol. The predicted octanol–water partition coefficient (Wildman–Crippen LogP) is 4.15. The number of hydrogen-bond donors (Lipinski definition) is 2. The van der Waals surface area contributed by atoms with Crippen LogP contribution in [0.25, 0.3) is 0 Å². The van der Waals surface area contributed by atoms with Crippen LogP contribution in [0.5, 0.6) is 0 Å². The summed E-state index contributed by atoms with van der Waals surface area (Å²) >= 11 is 5.27. The quantitative estimate of drug-likeness (QED) is 0.769. The molecule has 2 aromatic carbocycles. The van der Waals surface area contributed by atoms with Gasteiger partial charge >= 0.3 is 0 Å². The second-order valence-electron chi connectivity index (χ2n) is 6.07. The molecule has 0 unspecified atom stereocenters. The van der Waals surface area contributed by atoms with Crippen molar-refractivity contribution < 1.29 is 4.39 Å². The number of nitrogens with zero attached hydrogens (tertiary/aromatic N) is 1. The highest BCUT2D eigenvalue weighted by Crippen LogP contribution is 2.14. The number of nitrogens with one attached hydrogen (secondary N) is 2. The van der Waals surface area contributed by atoms with Crippen molar-refractivity contribution in [3.8, 4) is 0 Å². The van der Waals surface area contributed by atoms with E-state index < -0.39 is 0 Å². The molecule has 0 aromatic heterocycles. The van der Waals surface area contributed by atoms with Gasteiger partial charge in [0.05, 0.1) is 5.69 Å². The molecule has 0 atom stereocenters. The molecular weight excluding hydrogens is 321 g/mol. The summed E-state index contributed by atoms with van der Waals surface area (Å²) in [6.07, 6.45) is 0. The van der Waals surface area contributed by atoms with Crippen LogP contribution in [0.4, 0.5) is 10.1 Å². The molecule has 24 heavy (non-hydrogen) atoms. The Kier molecular flexibility index (Phi) is 6.70. The summed E-state index contributed by atoms with van der Waals surface area (Å²) in [5, 5.41) is 6.46. The lowest BCUT2D eigenvalue weighted by atomic mass is 10.1. The fourth-order valence-corrected chi connectivity index (χ4v) is 2.42. The van der Waals surface area contributed by atoms with Crippen molar-refractivity contribution in [2.75, 3.05) is 12.4 Å². The number of para-hydroxylation sites is 1. The van der Waals surface area contributed by atoms with Gasteiger partial charge in [0, 0.05) is 19.1 Å². The van der Waals surface area contributed by atoms with E-state index in [1.165, 1.54) is 17.2 Å². The van der Waals surface area contributed by atoms with Gasteiger partial charge in [0.2, 0.25) is 0 Å². The van der Waals surface area contributed by atoms with Gasteiger partial charge in [-0.3, -0.25) is 4.90 Å². The van der Waals surface area contributed by atoms with E-state index in [0.717, 1.165) is 6.54 Å². The lowest BCUT2D eigenvalue weighted by Crippen LogP contribution is -2.30. The zero-order valence-corrected chi connectivity index (χ0v) is 15.2. The van der Waals surface area contributed by atoms with Crippen molar-refractivity contribution in [1.29, 1.82) is 0 Å². The molecule has 2 rings (SSSR count). The maximum Gasteiger partial charge on any atom is 0.171 e. The van der Waals surface area contributed by atoms with Crippen molar-refractivity contribution >= 4 is 23.0 Å². The lowest BCUT2D eigenvalue weighted by Gasteiger charge is -2.23. The van der Waals surface area contributed by atoms with E-state index >= 15 is 0 Å². The maximum atomic E-state index is 13.6. The number of anilines is 1. The first kappa shape index (κ1) is 18.4. The molecule has 128 valence electrons. The summed E-state index contributed by atoms with van der Waals surface area (Å²) in [5.74, 6) is -0.319. The van der Waals surface area contributed by atoms with Gasteiger partial charge in [0.15, 0.2) is 5.11 Å². The van der Waals surface area contributed by atoms with Gasteiger partial charge < -0.3 is 10.6 Å². The Morgan fingerprint density at radius 3 is 2.38 bits per heavy atom. The number of benzene rings is 2. The van der Waals surface area contributed by atoms with E-state index in [1.807, 2.05) is 12.1 Å². The molecule has 0 saturated heterocycles. The van der Waals surface area contributed by atoms with Gasteiger partial charge in [-0.2, -0.15) is 0 Å². The van der Waals surface area contributed by atoms with Gasteiger partial charge in [-0.05, 0) is 56.4 Å². The molecule has 0 bridgehead atoms. The summed E-state index contributed by atoms with van der Waals surface area (Å²) in [6.45, 7) is 5.83. The van der Waals surface area contributed by atoms with Crippen molar-refractivity contribution in [2.24, 2.45) is 0 Å². The second-order valence-corrected chi connectivity index (χ2v) is 6.47. The number of hydrogen-bond acceptors (Lipinski definition) is 2. The summed E-state index contributed by atoms with van der Waals surface area (Å²) in [4.78, 5) is 2.29. The summed E-state index contributed by atoms with van der Waals surface area (Å²) in [6, 6.07) is 15.2. The first-order valence-corrected chi connectivity index (χ1v) is 8.44. The molecule has 0 heterocycles. The monoisotopic (exact) mass is 345 g/mol. The molecule has 0 aliphatic carbocycles. The molecule has 3 nitrogen and oxygen atoms in total. The van der Waals surface area contributed by atoms with Crippen molar-refractivity contribution in [3.05, 3.63) is 65.5 Å². The van der Waals surface area contributed by atoms with Gasteiger partial charge in [-0.1, -0.05) is 36.4 Å². The third-order valence-corrected chi connectivity index (χ3v) is 4.23. The van der Waals surface area contributed by atoms with E-state index in [-0.39, 0.29) is 5.82 Å². The van der Waals surface area contributed by atoms with E-state index in [4.69, 9.17) is 12.2 Å². The Labute approximate surface area is 148 Å². The maximum absolute atomic E-state index is 13.6. The molecule has 0 fully saturated rings. The van der Waals surface area contributed by atoms with Crippen LogP contribution in [0, 0.1) is 5.82 Å². The first-order chi connectivity index (χ1) is 11.5. The van der Waals surface area contributed by atoms with Gasteiger partial charge in [-0.25, -0.2) is 4.39 Å². The Balaban J connectivity index is 1.96. The average Bonchev–Trinajstić information content (AvgIpc) is 2.56. The molecule has 0 spiro atoms. The van der Waals surface area contributed by atoms with Crippen LogP contribution in [0.2, 0.25) is 0 Å². The third kappa shape index (κ3) is 5.28. The zero-order chi connectivity index (χ0) is 17.5. The summed E-state index contributed by atoms with van der Waals surface area (Å²) < 4.78 is 13.6. The molecule has 0 aliphatic rings. The van der Waals surface area contributed by atoms with Gasteiger partial charge in [0.25, 0.3) is 0 Å². The van der Waals surface area contributed by atoms with Crippen LogP contribution in [-0.2, 0) is 13.1 Å². The molecular formula is C19H24FN3S. The number of rotatable bonds is 6. The summed E-state index contributed by atoms with van der Waals surface area (Å²) in [7, 11) is 2.11. The Bertz CT molecular complexity index is 688. The SMILES string of the molecule is CC(C)N(C)Cc1ccccc1CNC(=S)Nc1ccccc1F. The smallest absolute Gasteiger partial charge is 0.171 e.